The van der Waals surface area contributed by atoms with E-state index in [1.807, 2.05) is 6.08 Å². The van der Waals surface area contributed by atoms with Crippen molar-refractivity contribution in [1.82, 2.24) is 0 Å². The summed E-state index contributed by atoms with van der Waals surface area (Å²) in [6, 6.07) is 0. The molecule has 146 valence electrons. The lowest BCUT2D eigenvalue weighted by atomic mass is 9.60. The Morgan fingerprint density at radius 2 is 1.89 bits per heavy atom. The van der Waals surface area contributed by atoms with Gasteiger partial charge in [0.1, 0.15) is 0 Å². The van der Waals surface area contributed by atoms with Crippen LogP contribution in [0.25, 0.3) is 0 Å². The van der Waals surface area contributed by atoms with E-state index in [1.165, 1.54) is 62.5 Å². The zero-order chi connectivity index (χ0) is 18.4. The largest absolute Gasteiger partial charge is 0.377 e. The molecule has 27 heavy (non-hydrogen) atoms. The zero-order valence-electron chi connectivity index (χ0n) is 16.8. The quantitative estimate of drug-likeness (QED) is 0.618. The van der Waals surface area contributed by atoms with Gasteiger partial charge in [0.2, 0.25) is 0 Å². The number of fused-ring (bicyclic) bond motifs is 4. The molecule has 5 aliphatic carbocycles. The molecule has 0 amide bonds. The highest BCUT2D eigenvalue weighted by atomic mass is 16.5. The van der Waals surface area contributed by atoms with Crippen LogP contribution in [0, 0.1) is 23.2 Å². The zero-order valence-corrected chi connectivity index (χ0v) is 16.8. The minimum Gasteiger partial charge on any atom is -0.377 e. The second kappa shape index (κ2) is 7.03. The van der Waals surface area contributed by atoms with Crippen LogP contribution in [-0.2, 0) is 9.53 Å². The van der Waals surface area contributed by atoms with Crippen LogP contribution in [0.3, 0.4) is 0 Å². The van der Waals surface area contributed by atoms with E-state index in [9.17, 15) is 4.79 Å². The second-order valence-corrected chi connectivity index (χ2v) is 9.92. The molecule has 2 saturated carbocycles. The maximum absolute atomic E-state index is 11.8. The Balaban J connectivity index is 1.36. The predicted octanol–water partition coefficient (Wildman–Crippen LogP) is 5.93. The average molecular weight is 367 g/mol. The number of carbonyl (C=O) groups excluding carboxylic acids is 1. The highest BCUT2D eigenvalue weighted by Crippen LogP contribution is 2.58. The van der Waals surface area contributed by atoms with Crippen molar-refractivity contribution >= 4 is 5.78 Å². The molecule has 0 spiro atoms. The minimum absolute atomic E-state index is 0.203. The lowest BCUT2D eigenvalue weighted by molar-refractivity contribution is -0.114. The average Bonchev–Trinajstić information content (AvgIpc) is 3.03. The Labute approximate surface area is 164 Å². The topological polar surface area (TPSA) is 26.3 Å². The van der Waals surface area contributed by atoms with Crippen molar-refractivity contribution in [3.05, 3.63) is 34.9 Å². The van der Waals surface area contributed by atoms with Crippen LogP contribution < -0.4 is 0 Å². The SMILES string of the molecule is C[C@]12C=CC3=C4CCC(=O)C=C4CC[C@H]3[C@@H]1CCC2OCC1CCCCC1. The summed E-state index contributed by atoms with van der Waals surface area (Å²) in [5, 5.41) is 0. The highest BCUT2D eigenvalue weighted by Gasteiger charge is 2.52. The Hall–Kier alpha value is -1.15. The van der Waals surface area contributed by atoms with Gasteiger partial charge in [0.15, 0.2) is 5.78 Å². The molecule has 0 aliphatic heterocycles. The number of hydrogen-bond acceptors (Lipinski definition) is 2. The lowest BCUT2D eigenvalue weighted by Gasteiger charge is -2.45. The molecular formula is C25H34O2. The van der Waals surface area contributed by atoms with Gasteiger partial charge in [-0.2, -0.15) is 0 Å². The number of carbonyl (C=O) groups is 1. The van der Waals surface area contributed by atoms with Crippen molar-refractivity contribution in [1.29, 1.82) is 0 Å². The van der Waals surface area contributed by atoms with E-state index in [2.05, 4.69) is 19.1 Å². The van der Waals surface area contributed by atoms with Gasteiger partial charge in [-0.25, -0.2) is 0 Å². The summed E-state index contributed by atoms with van der Waals surface area (Å²) in [7, 11) is 0. The summed E-state index contributed by atoms with van der Waals surface area (Å²) in [5.41, 5.74) is 4.62. The third-order valence-electron chi connectivity index (χ3n) is 8.41. The Bertz CT molecular complexity index is 706. The first kappa shape index (κ1) is 17.9. The molecule has 0 N–H and O–H groups in total. The number of ether oxygens (including phenoxy) is 1. The molecule has 4 atom stereocenters. The van der Waals surface area contributed by atoms with E-state index in [0.717, 1.165) is 31.3 Å². The van der Waals surface area contributed by atoms with Gasteiger partial charge >= 0.3 is 0 Å². The number of ketones is 1. The molecule has 1 unspecified atom stereocenters. The molecule has 0 bridgehead atoms. The van der Waals surface area contributed by atoms with Gasteiger partial charge in [0, 0.05) is 18.4 Å². The fourth-order valence-electron chi connectivity index (χ4n) is 6.84. The smallest absolute Gasteiger partial charge is 0.156 e. The van der Waals surface area contributed by atoms with Crippen molar-refractivity contribution in [2.24, 2.45) is 23.2 Å². The predicted molar refractivity (Wildman–Crippen MR) is 108 cm³/mol. The van der Waals surface area contributed by atoms with Crippen molar-refractivity contribution in [3.8, 4) is 0 Å². The van der Waals surface area contributed by atoms with Gasteiger partial charge < -0.3 is 4.74 Å². The minimum atomic E-state index is 0.203. The van der Waals surface area contributed by atoms with Crippen molar-refractivity contribution in [2.45, 2.75) is 83.7 Å². The summed E-state index contributed by atoms with van der Waals surface area (Å²) in [4.78, 5) is 11.8. The Kier molecular flexibility index (Phi) is 4.66. The van der Waals surface area contributed by atoms with E-state index in [4.69, 9.17) is 4.74 Å². The van der Waals surface area contributed by atoms with Gasteiger partial charge in [-0.05, 0) is 85.5 Å². The molecule has 2 heteroatoms. The van der Waals surface area contributed by atoms with Gasteiger partial charge in [0.05, 0.1) is 6.10 Å². The normalized spacial score (nSPS) is 39.1. The molecule has 5 rings (SSSR count). The van der Waals surface area contributed by atoms with Crippen LogP contribution >= 0.6 is 0 Å². The fourth-order valence-corrected chi connectivity index (χ4v) is 6.84. The Morgan fingerprint density at radius 1 is 1.04 bits per heavy atom. The first-order valence-corrected chi connectivity index (χ1v) is 11.4. The maximum Gasteiger partial charge on any atom is 0.156 e. The highest BCUT2D eigenvalue weighted by molar-refractivity contribution is 5.93. The van der Waals surface area contributed by atoms with Gasteiger partial charge in [-0.15, -0.1) is 0 Å². The molecule has 2 nitrogen and oxygen atoms in total. The third-order valence-corrected chi connectivity index (χ3v) is 8.41. The summed E-state index contributed by atoms with van der Waals surface area (Å²) in [5.74, 6) is 2.53. The van der Waals surface area contributed by atoms with E-state index in [0.29, 0.717) is 24.2 Å². The van der Waals surface area contributed by atoms with E-state index < -0.39 is 0 Å². The van der Waals surface area contributed by atoms with Crippen molar-refractivity contribution in [2.75, 3.05) is 6.61 Å². The first-order chi connectivity index (χ1) is 13.1. The van der Waals surface area contributed by atoms with Crippen LogP contribution in [0.4, 0.5) is 0 Å². The van der Waals surface area contributed by atoms with Gasteiger partial charge in [-0.1, -0.05) is 38.3 Å². The Morgan fingerprint density at radius 3 is 2.74 bits per heavy atom. The molecule has 0 radical (unpaired) electrons. The van der Waals surface area contributed by atoms with Crippen LogP contribution in [0.5, 0.6) is 0 Å². The maximum atomic E-state index is 11.8. The standard InChI is InChI=1S/C25H34O2/c1-25-14-13-21-20-10-8-19(26)15-18(20)7-9-22(21)23(25)11-12-24(25)27-16-17-5-3-2-4-6-17/h13-15,17,22-24H,2-12,16H2,1H3/t22-,23+,24?,25+/m1/s1. The van der Waals surface area contributed by atoms with E-state index >= 15 is 0 Å². The molecule has 0 aromatic rings. The number of allylic oxidation sites excluding steroid dienone is 5. The third kappa shape index (κ3) is 3.09. The molecular weight excluding hydrogens is 332 g/mol. The molecule has 0 aromatic carbocycles. The second-order valence-electron chi connectivity index (χ2n) is 9.92. The molecule has 5 aliphatic rings. The van der Waals surface area contributed by atoms with E-state index in [1.54, 1.807) is 5.57 Å². The molecule has 0 heterocycles. The van der Waals surface area contributed by atoms with Crippen LogP contribution in [0.15, 0.2) is 34.9 Å². The fraction of sp³-hybridized carbons (Fsp3) is 0.720. The van der Waals surface area contributed by atoms with Crippen LogP contribution in [0.2, 0.25) is 0 Å². The first-order valence-electron chi connectivity index (χ1n) is 11.4. The van der Waals surface area contributed by atoms with Crippen LogP contribution in [0.1, 0.15) is 77.6 Å². The summed E-state index contributed by atoms with van der Waals surface area (Å²) in [6.45, 7) is 3.44. The number of rotatable bonds is 3. The number of hydrogen-bond donors (Lipinski definition) is 0. The van der Waals surface area contributed by atoms with Crippen molar-refractivity contribution < 1.29 is 9.53 Å². The summed E-state index contributed by atoms with van der Waals surface area (Å²) in [6.07, 6.45) is 20.7. The molecule has 0 saturated heterocycles. The van der Waals surface area contributed by atoms with Crippen LogP contribution in [-0.4, -0.2) is 18.5 Å². The summed E-state index contributed by atoms with van der Waals surface area (Å²) < 4.78 is 6.59. The lowest BCUT2D eigenvalue weighted by Crippen LogP contribution is -2.40. The van der Waals surface area contributed by atoms with Crippen molar-refractivity contribution in [3.63, 3.8) is 0 Å². The van der Waals surface area contributed by atoms with Gasteiger partial charge in [-0.3, -0.25) is 4.79 Å². The summed E-state index contributed by atoms with van der Waals surface area (Å²) >= 11 is 0. The molecule has 2 fully saturated rings. The van der Waals surface area contributed by atoms with Gasteiger partial charge in [0.25, 0.3) is 0 Å². The molecule has 0 aromatic heterocycles. The monoisotopic (exact) mass is 366 g/mol. The van der Waals surface area contributed by atoms with E-state index in [-0.39, 0.29) is 5.41 Å².